The van der Waals surface area contributed by atoms with Gasteiger partial charge in [0.1, 0.15) is 0 Å². The van der Waals surface area contributed by atoms with Crippen molar-refractivity contribution in [1.82, 2.24) is 9.78 Å². The number of thioether (sulfide) groups is 1. The lowest BCUT2D eigenvalue weighted by molar-refractivity contribution is 0.743. The first kappa shape index (κ1) is 10.6. The molecule has 1 aromatic heterocycles. The van der Waals surface area contributed by atoms with E-state index in [4.69, 9.17) is 5.73 Å². The molecule has 2 N–H and O–H groups in total. The van der Waals surface area contributed by atoms with Gasteiger partial charge in [0.25, 0.3) is 0 Å². The molecule has 1 rings (SSSR count). The van der Waals surface area contributed by atoms with E-state index in [2.05, 4.69) is 12.0 Å². The molecular weight excluding hydrogens is 182 g/mol. The molecular formula is C9H17N3S. The highest BCUT2D eigenvalue weighted by Crippen LogP contribution is 2.06. The van der Waals surface area contributed by atoms with Crippen LogP contribution in [0.1, 0.15) is 12.5 Å². The number of nitrogens with zero attached hydrogens (tertiary/aromatic N) is 2. The zero-order valence-corrected chi connectivity index (χ0v) is 9.05. The van der Waals surface area contributed by atoms with Gasteiger partial charge in [0.15, 0.2) is 0 Å². The third-order valence-electron chi connectivity index (χ3n) is 1.79. The number of hydrogen-bond acceptors (Lipinski definition) is 3. The molecule has 4 heteroatoms. The summed E-state index contributed by atoms with van der Waals surface area (Å²) in [6, 6.07) is 0.258. The second kappa shape index (κ2) is 5.29. The molecule has 74 valence electrons. The number of rotatable bonds is 5. The van der Waals surface area contributed by atoms with Crippen LogP contribution in [-0.2, 0) is 13.5 Å². The second-order valence-electron chi connectivity index (χ2n) is 3.15. The Balaban J connectivity index is 2.31. The van der Waals surface area contributed by atoms with Crippen LogP contribution in [0.15, 0.2) is 12.4 Å². The summed E-state index contributed by atoms with van der Waals surface area (Å²) in [4.78, 5) is 0. The molecule has 0 amide bonds. The van der Waals surface area contributed by atoms with E-state index < -0.39 is 0 Å². The van der Waals surface area contributed by atoms with Gasteiger partial charge in [-0.15, -0.1) is 0 Å². The van der Waals surface area contributed by atoms with Gasteiger partial charge < -0.3 is 5.73 Å². The summed E-state index contributed by atoms with van der Waals surface area (Å²) in [5.74, 6) is 2.17. The Hall–Kier alpha value is -0.480. The molecule has 1 unspecified atom stereocenters. The summed E-state index contributed by atoms with van der Waals surface area (Å²) in [7, 11) is 1.93. The minimum absolute atomic E-state index is 0.258. The van der Waals surface area contributed by atoms with Crippen LogP contribution in [0.4, 0.5) is 0 Å². The molecule has 0 saturated carbocycles. The molecule has 0 spiro atoms. The lowest BCUT2D eigenvalue weighted by atomic mass is 10.1. The van der Waals surface area contributed by atoms with E-state index in [0.717, 1.165) is 17.9 Å². The molecule has 0 aliphatic carbocycles. The van der Waals surface area contributed by atoms with Crippen molar-refractivity contribution in [1.29, 1.82) is 0 Å². The zero-order chi connectivity index (χ0) is 9.68. The fraction of sp³-hybridized carbons (Fsp3) is 0.667. The predicted molar refractivity (Wildman–Crippen MR) is 57.9 cm³/mol. The minimum atomic E-state index is 0.258. The molecule has 1 aromatic rings. The summed E-state index contributed by atoms with van der Waals surface area (Å²) in [5.41, 5.74) is 7.17. The molecule has 1 atom stereocenters. The highest BCUT2D eigenvalue weighted by Gasteiger charge is 2.04. The average Bonchev–Trinajstić information content (AvgIpc) is 2.48. The van der Waals surface area contributed by atoms with Gasteiger partial charge in [0.05, 0.1) is 6.20 Å². The van der Waals surface area contributed by atoms with Crippen molar-refractivity contribution in [2.75, 3.05) is 11.5 Å². The zero-order valence-electron chi connectivity index (χ0n) is 8.23. The van der Waals surface area contributed by atoms with Crippen LogP contribution in [-0.4, -0.2) is 27.3 Å². The lowest BCUT2D eigenvalue weighted by Gasteiger charge is -2.08. The molecule has 3 nitrogen and oxygen atoms in total. The molecule has 1 heterocycles. The Bertz CT molecular complexity index is 247. The van der Waals surface area contributed by atoms with E-state index in [9.17, 15) is 0 Å². The van der Waals surface area contributed by atoms with Crippen molar-refractivity contribution in [3.05, 3.63) is 18.0 Å². The monoisotopic (exact) mass is 199 g/mol. The van der Waals surface area contributed by atoms with Crippen LogP contribution >= 0.6 is 11.8 Å². The Morgan fingerprint density at radius 2 is 2.46 bits per heavy atom. The highest BCUT2D eigenvalue weighted by molar-refractivity contribution is 7.99. The van der Waals surface area contributed by atoms with Gasteiger partial charge in [-0.2, -0.15) is 16.9 Å². The van der Waals surface area contributed by atoms with Gasteiger partial charge in [-0.05, 0) is 17.7 Å². The van der Waals surface area contributed by atoms with E-state index in [1.807, 2.05) is 35.9 Å². The predicted octanol–water partition coefficient (Wildman–Crippen LogP) is 1.04. The smallest absolute Gasteiger partial charge is 0.0522 e. The van der Waals surface area contributed by atoms with E-state index in [-0.39, 0.29) is 6.04 Å². The van der Waals surface area contributed by atoms with Crippen molar-refractivity contribution in [2.24, 2.45) is 12.8 Å². The van der Waals surface area contributed by atoms with E-state index >= 15 is 0 Å². The van der Waals surface area contributed by atoms with Crippen molar-refractivity contribution >= 4 is 11.8 Å². The first-order valence-electron chi connectivity index (χ1n) is 4.53. The maximum absolute atomic E-state index is 5.94. The van der Waals surface area contributed by atoms with Crippen LogP contribution < -0.4 is 5.73 Å². The van der Waals surface area contributed by atoms with Gasteiger partial charge in [-0.3, -0.25) is 4.68 Å². The third-order valence-corrected chi connectivity index (χ3v) is 2.86. The summed E-state index contributed by atoms with van der Waals surface area (Å²) in [5, 5.41) is 4.10. The van der Waals surface area contributed by atoms with Crippen LogP contribution in [0.3, 0.4) is 0 Å². The maximum Gasteiger partial charge on any atom is 0.0522 e. The van der Waals surface area contributed by atoms with Crippen LogP contribution in [0.2, 0.25) is 0 Å². The molecule has 13 heavy (non-hydrogen) atoms. The molecule has 0 fully saturated rings. The second-order valence-corrected chi connectivity index (χ2v) is 4.46. The molecule has 0 bridgehead atoms. The van der Waals surface area contributed by atoms with Crippen molar-refractivity contribution in [3.63, 3.8) is 0 Å². The first-order chi connectivity index (χ1) is 6.22. The number of hydrogen-bond donors (Lipinski definition) is 1. The normalized spacial score (nSPS) is 13.2. The SMILES string of the molecule is CCSCC(N)Cc1cnn(C)c1. The molecule has 0 aliphatic heterocycles. The number of nitrogens with two attached hydrogens (primary N) is 1. The van der Waals surface area contributed by atoms with Gasteiger partial charge in [0.2, 0.25) is 0 Å². The van der Waals surface area contributed by atoms with Crippen molar-refractivity contribution in [2.45, 2.75) is 19.4 Å². The summed E-state index contributed by atoms with van der Waals surface area (Å²) < 4.78 is 1.81. The van der Waals surface area contributed by atoms with Gasteiger partial charge in [-0.25, -0.2) is 0 Å². The maximum atomic E-state index is 5.94. The summed E-state index contributed by atoms with van der Waals surface area (Å²) in [6.45, 7) is 2.15. The van der Waals surface area contributed by atoms with E-state index in [1.165, 1.54) is 5.56 Å². The van der Waals surface area contributed by atoms with Crippen LogP contribution in [0.25, 0.3) is 0 Å². The van der Waals surface area contributed by atoms with Crippen LogP contribution in [0.5, 0.6) is 0 Å². The molecule has 0 aromatic carbocycles. The van der Waals surface area contributed by atoms with E-state index in [0.29, 0.717) is 0 Å². The van der Waals surface area contributed by atoms with Crippen molar-refractivity contribution in [3.8, 4) is 0 Å². The molecule has 0 radical (unpaired) electrons. The van der Waals surface area contributed by atoms with E-state index in [1.54, 1.807) is 0 Å². The largest absolute Gasteiger partial charge is 0.327 e. The fourth-order valence-corrected chi connectivity index (χ4v) is 1.86. The number of aryl methyl sites for hydroxylation is 1. The van der Waals surface area contributed by atoms with Gasteiger partial charge >= 0.3 is 0 Å². The summed E-state index contributed by atoms with van der Waals surface area (Å²) in [6.07, 6.45) is 4.84. The quantitative estimate of drug-likeness (QED) is 0.770. The lowest BCUT2D eigenvalue weighted by Crippen LogP contribution is -2.25. The molecule has 0 saturated heterocycles. The average molecular weight is 199 g/mol. The Morgan fingerprint density at radius 3 is 3.00 bits per heavy atom. The highest BCUT2D eigenvalue weighted by atomic mass is 32.2. The summed E-state index contributed by atoms with van der Waals surface area (Å²) >= 11 is 1.89. The first-order valence-corrected chi connectivity index (χ1v) is 5.68. The van der Waals surface area contributed by atoms with Gasteiger partial charge in [-0.1, -0.05) is 6.92 Å². The Kier molecular flexibility index (Phi) is 4.32. The van der Waals surface area contributed by atoms with Crippen LogP contribution in [0, 0.1) is 0 Å². The van der Waals surface area contributed by atoms with Gasteiger partial charge in [0, 0.05) is 25.0 Å². The fourth-order valence-electron chi connectivity index (χ4n) is 1.21. The standard InChI is InChI=1S/C9H17N3S/c1-3-13-7-9(10)4-8-5-11-12(2)6-8/h5-6,9H,3-4,7,10H2,1-2H3. The van der Waals surface area contributed by atoms with Crippen molar-refractivity contribution < 1.29 is 0 Å². The Morgan fingerprint density at radius 1 is 1.69 bits per heavy atom. The molecule has 0 aliphatic rings. The Labute approximate surface area is 83.7 Å². The number of aromatic nitrogens is 2. The topological polar surface area (TPSA) is 43.8 Å². The minimum Gasteiger partial charge on any atom is -0.327 e. The third kappa shape index (κ3) is 3.83.